The number of hydrogen-bond donors (Lipinski definition) is 2. The minimum Gasteiger partial charge on any atom is -0.395 e. The van der Waals surface area contributed by atoms with Crippen LogP contribution in [0.15, 0.2) is 11.4 Å². The van der Waals surface area contributed by atoms with Gasteiger partial charge in [-0.15, -0.1) is 11.3 Å². The lowest BCUT2D eigenvalue weighted by Crippen LogP contribution is -2.47. The Hall–Kier alpha value is -1.35. The van der Waals surface area contributed by atoms with Crippen molar-refractivity contribution in [3.8, 4) is 11.8 Å². The maximum Gasteiger partial charge on any atom is 0.252 e. The highest BCUT2D eigenvalue weighted by Gasteiger charge is 2.21. The molecule has 1 saturated heterocycles. The van der Waals surface area contributed by atoms with E-state index < -0.39 is 0 Å². The van der Waals surface area contributed by atoms with Crippen LogP contribution in [0.5, 0.6) is 0 Å². The van der Waals surface area contributed by atoms with Gasteiger partial charge >= 0.3 is 0 Å². The SMILES string of the molecule is CCN1CCCC(NC(=O)c2csc(C#CCCO)c2)C1. The van der Waals surface area contributed by atoms with Crippen LogP contribution in [0.2, 0.25) is 0 Å². The second kappa shape index (κ2) is 8.18. The van der Waals surface area contributed by atoms with Gasteiger partial charge in [0.05, 0.1) is 17.0 Å². The van der Waals surface area contributed by atoms with Crippen molar-refractivity contribution in [2.45, 2.75) is 32.2 Å². The minimum absolute atomic E-state index is 0.00980. The number of hydrogen-bond acceptors (Lipinski definition) is 4. The van der Waals surface area contributed by atoms with Gasteiger partial charge in [0.1, 0.15) is 0 Å². The van der Waals surface area contributed by atoms with Crippen molar-refractivity contribution < 1.29 is 9.90 Å². The number of aliphatic hydroxyl groups excluding tert-OH is 1. The Morgan fingerprint density at radius 1 is 1.62 bits per heavy atom. The molecule has 0 bridgehead atoms. The summed E-state index contributed by atoms with van der Waals surface area (Å²) in [7, 11) is 0. The quantitative estimate of drug-likeness (QED) is 0.833. The number of piperidine rings is 1. The van der Waals surface area contributed by atoms with Gasteiger partial charge in [-0.3, -0.25) is 4.79 Å². The zero-order valence-corrected chi connectivity index (χ0v) is 13.2. The summed E-state index contributed by atoms with van der Waals surface area (Å²) in [5.74, 6) is 5.82. The largest absolute Gasteiger partial charge is 0.395 e. The van der Waals surface area contributed by atoms with Gasteiger partial charge in [-0.25, -0.2) is 0 Å². The third kappa shape index (κ3) is 4.85. The van der Waals surface area contributed by atoms with Gasteiger partial charge in [-0.2, -0.15) is 0 Å². The van der Waals surface area contributed by atoms with Crippen LogP contribution in [0.25, 0.3) is 0 Å². The van der Waals surface area contributed by atoms with Gasteiger partial charge in [0.2, 0.25) is 0 Å². The fourth-order valence-electron chi connectivity index (χ4n) is 2.46. The first-order valence-electron chi connectivity index (χ1n) is 7.44. The Morgan fingerprint density at radius 2 is 2.48 bits per heavy atom. The molecular weight excluding hydrogens is 284 g/mol. The van der Waals surface area contributed by atoms with Crippen LogP contribution in [0.3, 0.4) is 0 Å². The molecule has 0 aliphatic carbocycles. The molecule has 21 heavy (non-hydrogen) atoms. The summed E-state index contributed by atoms with van der Waals surface area (Å²) in [6.45, 7) is 5.33. The third-order valence-electron chi connectivity index (χ3n) is 3.60. The first kappa shape index (κ1) is 16.0. The molecule has 1 aliphatic heterocycles. The Labute approximate surface area is 130 Å². The number of carbonyl (C=O) groups is 1. The van der Waals surface area contributed by atoms with Crippen LogP contribution in [0.1, 0.15) is 41.4 Å². The van der Waals surface area contributed by atoms with Gasteiger partial charge in [0.25, 0.3) is 5.91 Å². The second-order valence-electron chi connectivity index (χ2n) is 5.18. The summed E-state index contributed by atoms with van der Waals surface area (Å²) >= 11 is 1.47. The molecule has 2 N–H and O–H groups in total. The predicted octanol–water partition coefficient (Wildman–Crippen LogP) is 1.70. The van der Waals surface area contributed by atoms with Crippen molar-refractivity contribution >= 4 is 17.2 Å². The van der Waals surface area contributed by atoms with Crippen molar-refractivity contribution in [1.29, 1.82) is 0 Å². The van der Waals surface area contributed by atoms with Crippen molar-refractivity contribution in [3.05, 3.63) is 21.9 Å². The number of likely N-dealkylation sites (tertiary alicyclic amines) is 1. The molecule has 1 unspecified atom stereocenters. The van der Waals surface area contributed by atoms with Crippen molar-refractivity contribution in [3.63, 3.8) is 0 Å². The summed E-state index contributed by atoms with van der Waals surface area (Å²) < 4.78 is 0. The molecular formula is C16H22N2O2S. The minimum atomic E-state index is -0.00980. The average molecular weight is 306 g/mol. The normalized spacial score (nSPS) is 18.9. The van der Waals surface area contributed by atoms with Gasteiger partial charge in [-0.05, 0) is 32.0 Å². The second-order valence-corrected chi connectivity index (χ2v) is 6.09. The summed E-state index contributed by atoms with van der Waals surface area (Å²) in [5, 5.41) is 13.7. The molecule has 4 nitrogen and oxygen atoms in total. The van der Waals surface area contributed by atoms with E-state index in [9.17, 15) is 4.79 Å². The highest BCUT2D eigenvalue weighted by atomic mass is 32.1. The summed E-state index contributed by atoms with van der Waals surface area (Å²) in [6.07, 6.45) is 2.66. The molecule has 2 rings (SSSR count). The van der Waals surface area contributed by atoms with E-state index in [1.54, 1.807) is 0 Å². The molecule has 1 aromatic heterocycles. The molecule has 0 aromatic carbocycles. The number of carbonyl (C=O) groups excluding carboxylic acids is 1. The van der Waals surface area contributed by atoms with E-state index in [-0.39, 0.29) is 18.6 Å². The van der Waals surface area contributed by atoms with Gasteiger partial charge in [0.15, 0.2) is 0 Å². The predicted molar refractivity (Wildman–Crippen MR) is 85.5 cm³/mol. The van der Waals surface area contributed by atoms with Crippen LogP contribution in [-0.2, 0) is 0 Å². The zero-order valence-electron chi connectivity index (χ0n) is 12.4. The third-order valence-corrected chi connectivity index (χ3v) is 4.44. The Kier molecular flexibility index (Phi) is 6.24. The summed E-state index contributed by atoms with van der Waals surface area (Å²) in [5.41, 5.74) is 0.682. The molecule has 1 atom stereocenters. The molecule has 1 aromatic rings. The van der Waals surface area contributed by atoms with Crippen molar-refractivity contribution in [1.82, 2.24) is 10.2 Å². The fourth-order valence-corrected chi connectivity index (χ4v) is 3.21. The van der Waals surface area contributed by atoms with Crippen LogP contribution in [0, 0.1) is 11.8 Å². The summed E-state index contributed by atoms with van der Waals surface area (Å²) in [6, 6.07) is 2.07. The first-order chi connectivity index (χ1) is 10.2. The van der Waals surface area contributed by atoms with Gasteiger partial charge in [0, 0.05) is 24.4 Å². The van der Waals surface area contributed by atoms with E-state index in [1.807, 2.05) is 11.4 Å². The standard InChI is InChI=1S/C16H22N2O2S/c1-2-18-8-5-6-14(11-18)17-16(20)13-10-15(21-12-13)7-3-4-9-19/h10,12,14,19H,2,4-6,8-9,11H2,1H3,(H,17,20). The van der Waals surface area contributed by atoms with Crippen LogP contribution in [-0.4, -0.2) is 48.2 Å². The van der Waals surface area contributed by atoms with E-state index in [0.717, 1.165) is 37.4 Å². The maximum absolute atomic E-state index is 12.2. The van der Waals surface area contributed by atoms with Crippen molar-refractivity contribution in [2.24, 2.45) is 0 Å². The smallest absolute Gasteiger partial charge is 0.252 e. The molecule has 1 amide bonds. The van der Waals surface area contributed by atoms with E-state index in [0.29, 0.717) is 12.0 Å². The number of thiophene rings is 1. The summed E-state index contributed by atoms with van der Waals surface area (Å²) in [4.78, 5) is 15.5. The molecule has 5 heteroatoms. The van der Waals surface area contributed by atoms with Crippen molar-refractivity contribution in [2.75, 3.05) is 26.2 Å². The number of nitrogens with one attached hydrogen (secondary N) is 1. The molecule has 1 fully saturated rings. The first-order valence-corrected chi connectivity index (χ1v) is 8.32. The molecule has 1 aliphatic rings. The highest BCUT2D eigenvalue weighted by molar-refractivity contribution is 7.10. The lowest BCUT2D eigenvalue weighted by Gasteiger charge is -2.32. The van der Waals surface area contributed by atoms with E-state index in [4.69, 9.17) is 5.11 Å². The molecule has 2 heterocycles. The average Bonchev–Trinajstić information content (AvgIpc) is 2.97. The zero-order chi connectivity index (χ0) is 15.1. The Balaban J connectivity index is 1.90. The molecule has 0 radical (unpaired) electrons. The highest BCUT2D eigenvalue weighted by Crippen LogP contribution is 2.15. The Morgan fingerprint density at radius 3 is 3.24 bits per heavy atom. The van der Waals surface area contributed by atoms with E-state index >= 15 is 0 Å². The number of aliphatic hydroxyl groups is 1. The fraction of sp³-hybridized carbons (Fsp3) is 0.562. The molecule has 0 saturated carbocycles. The van der Waals surface area contributed by atoms with Gasteiger partial charge < -0.3 is 15.3 Å². The monoisotopic (exact) mass is 306 g/mol. The van der Waals surface area contributed by atoms with Crippen LogP contribution >= 0.6 is 11.3 Å². The number of rotatable bonds is 4. The van der Waals surface area contributed by atoms with Crippen LogP contribution in [0.4, 0.5) is 0 Å². The lowest BCUT2D eigenvalue weighted by molar-refractivity contribution is 0.0906. The van der Waals surface area contributed by atoms with E-state index in [1.165, 1.54) is 11.3 Å². The van der Waals surface area contributed by atoms with Gasteiger partial charge in [-0.1, -0.05) is 18.8 Å². The van der Waals surface area contributed by atoms with Crippen LogP contribution < -0.4 is 5.32 Å². The lowest BCUT2D eigenvalue weighted by atomic mass is 10.1. The number of likely N-dealkylation sites (N-methyl/N-ethyl adjacent to an activating group) is 1. The Bertz CT molecular complexity index is 530. The molecule has 114 valence electrons. The maximum atomic E-state index is 12.2. The topological polar surface area (TPSA) is 52.6 Å². The van der Waals surface area contributed by atoms with E-state index in [2.05, 4.69) is 29.0 Å². The number of amides is 1. The number of nitrogens with zero attached hydrogens (tertiary/aromatic N) is 1. The molecule has 0 spiro atoms.